The second kappa shape index (κ2) is 8.96. The highest BCUT2D eigenvalue weighted by molar-refractivity contribution is 5.92. The number of hydrogen-bond acceptors (Lipinski definition) is 6. The van der Waals surface area contributed by atoms with Gasteiger partial charge in [0.2, 0.25) is 5.76 Å². The molecule has 2 aromatic heterocycles. The number of carbonyl (C=O) groups is 1. The Morgan fingerprint density at radius 3 is 2.61 bits per heavy atom. The van der Waals surface area contributed by atoms with Crippen molar-refractivity contribution < 1.29 is 9.21 Å². The van der Waals surface area contributed by atoms with Crippen LogP contribution in [0.3, 0.4) is 0 Å². The lowest BCUT2D eigenvalue weighted by Gasteiger charge is -2.34. The maximum atomic E-state index is 13.1. The number of aromatic nitrogens is 3. The molecule has 1 amide bonds. The van der Waals surface area contributed by atoms with Gasteiger partial charge in [-0.25, -0.2) is 15.0 Å². The molecule has 1 atom stereocenters. The molecular formula is C26H31N5O2. The molecule has 33 heavy (non-hydrogen) atoms. The number of oxazole rings is 1. The van der Waals surface area contributed by atoms with Gasteiger partial charge in [0.05, 0.1) is 5.69 Å². The maximum absolute atomic E-state index is 13.1. The van der Waals surface area contributed by atoms with Crippen LogP contribution in [-0.2, 0) is 13.0 Å². The highest BCUT2D eigenvalue weighted by Gasteiger charge is 2.31. The third kappa shape index (κ3) is 4.36. The van der Waals surface area contributed by atoms with Crippen molar-refractivity contribution in [3.63, 3.8) is 0 Å². The smallest absolute Gasteiger partial charge is 0.291 e. The molecule has 4 heterocycles. The lowest BCUT2D eigenvalue weighted by molar-refractivity contribution is 0.0670. The van der Waals surface area contributed by atoms with Gasteiger partial charge >= 0.3 is 0 Å². The summed E-state index contributed by atoms with van der Waals surface area (Å²) >= 11 is 0. The molecular weight excluding hydrogens is 414 g/mol. The molecule has 1 fully saturated rings. The second-order valence-corrected chi connectivity index (χ2v) is 9.22. The van der Waals surface area contributed by atoms with Gasteiger partial charge in [-0.1, -0.05) is 30.3 Å². The van der Waals surface area contributed by atoms with E-state index in [1.165, 1.54) is 11.1 Å². The minimum atomic E-state index is -0.0850. The van der Waals surface area contributed by atoms with E-state index in [1.54, 1.807) is 6.92 Å². The summed E-state index contributed by atoms with van der Waals surface area (Å²) in [5.41, 5.74) is 4.27. The average molecular weight is 446 g/mol. The summed E-state index contributed by atoms with van der Waals surface area (Å²) in [6.07, 6.45) is 4.04. The van der Waals surface area contributed by atoms with E-state index in [9.17, 15) is 4.79 Å². The molecule has 172 valence electrons. The molecule has 3 aromatic rings. The van der Waals surface area contributed by atoms with Gasteiger partial charge in [-0.3, -0.25) is 4.79 Å². The summed E-state index contributed by atoms with van der Waals surface area (Å²) in [6, 6.07) is 10.6. The first-order valence-corrected chi connectivity index (χ1v) is 11.9. The van der Waals surface area contributed by atoms with Gasteiger partial charge in [-0.05, 0) is 45.1 Å². The highest BCUT2D eigenvalue weighted by Crippen LogP contribution is 2.33. The number of benzene rings is 1. The Morgan fingerprint density at radius 1 is 1.03 bits per heavy atom. The van der Waals surface area contributed by atoms with Crippen molar-refractivity contribution in [2.24, 2.45) is 0 Å². The predicted octanol–water partition coefficient (Wildman–Crippen LogP) is 4.36. The minimum absolute atomic E-state index is 0.0850. The monoisotopic (exact) mass is 445 g/mol. The molecule has 0 aliphatic carbocycles. The summed E-state index contributed by atoms with van der Waals surface area (Å²) in [6.45, 7) is 8.87. The lowest BCUT2D eigenvalue weighted by atomic mass is 9.95. The van der Waals surface area contributed by atoms with Crippen LogP contribution in [-0.4, -0.2) is 45.4 Å². The number of hydrogen-bond donors (Lipinski definition) is 0. The van der Waals surface area contributed by atoms with Crippen LogP contribution >= 0.6 is 0 Å². The Balaban J connectivity index is 1.40. The second-order valence-electron chi connectivity index (χ2n) is 9.22. The molecule has 0 unspecified atom stereocenters. The first-order chi connectivity index (χ1) is 16.0. The van der Waals surface area contributed by atoms with E-state index in [2.05, 4.69) is 47.1 Å². The first-order valence-electron chi connectivity index (χ1n) is 11.9. The highest BCUT2D eigenvalue weighted by atomic mass is 16.4. The van der Waals surface area contributed by atoms with Crippen molar-refractivity contribution in [1.29, 1.82) is 0 Å². The molecule has 1 saturated heterocycles. The number of fused-ring (bicyclic) bond motifs is 1. The fraction of sp³-hybridized carbons (Fsp3) is 0.462. The first kappa shape index (κ1) is 21.6. The van der Waals surface area contributed by atoms with E-state index in [4.69, 9.17) is 14.4 Å². The largest absolute Gasteiger partial charge is 0.436 e. The summed E-state index contributed by atoms with van der Waals surface area (Å²) in [5, 5.41) is 0. The van der Waals surface area contributed by atoms with E-state index in [0.717, 1.165) is 62.7 Å². The van der Waals surface area contributed by atoms with Crippen molar-refractivity contribution in [2.75, 3.05) is 24.5 Å². The van der Waals surface area contributed by atoms with Crippen molar-refractivity contribution in [3.05, 3.63) is 70.3 Å². The fourth-order valence-corrected chi connectivity index (χ4v) is 5.09. The van der Waals surface area contributed by atoms with Crippen molar-refractivity contribution >= 4 is 11.7 Å². The topological polar surface area (TPSA) is 75.4 Å². The zero-order chi connectivity index (χ0) is 22.9. The van der Waals surface area contributed by atoms with Crippen molar-refractivity contribution in [2.45, 2.75) is 58.9 Å². The molecule has 0 N–H and O–H groups in total. The van der Waals surface area contributed by atoms with Crippen LogP contribution in [0.1, 0.15) is 70.0 Å². The number of aryl methyl sites for hydroxylation is 3. The Bertz CT molecular complexity index is 1160. The molecule has 2 aliphatic rings. The van der Waals surface area contributed by atoms with Gasteiger partial charge in [-0.2, -0.15) is 0 Å². The van der Waals surface area contributed by atoms with Crippen LogP contribution in [0.2, 0.25) is 0 Å². The molecule has 7 nitrogen and oxygen atoms in total. The summed E-state index contributed by atoms with van der Waals surface area (Å²) < 4.78 is 5.59. The maximum Gasteiger partial charge on any atom is 0.291 e. The van der Waals surface area contributed by atoms with Crippen LogP contribution in [0.25, 0.3) is 0 Å². The molecule has 0 bridgehead atoms. The van der Waals surface area contributed by atoms with Gasteiger partial charge in [0.1, 0.15) is 11.6 Å². The third-order valence-corrected chi connectivity index (χ3v) is 6.75. The Hall–Kier alpha value is -3.22. The third-order valence-electron chi connectivity index (χ3n) is 6.75. The quantitative estimate of drug-likeness (QED) is 0.594. The molecule has 0 radical (unpaired) electrons. The average Bonchev–Trinajstić information content (AvgIpc) is 3.17. The van der Waals surface area contributed by atoms with Crippen molar-refractivity contribution in [3.8, 4) is 0 Å². The van der Waals surface area contributed by atoms with Crippen molar-refractivity contribution in [1.82, 2.24) is 19.9 Å². The summed E-state index contributed by atoms with van der Waals surface area (Å²) in [5.74, 6) is 2.84. The number of anilines is 1. The lowest BCUT2D eigenvalue weighted by Crippen LogP contribution is -2.40. The Morgan fingerprint density at radius 2 is 1.85 bits per heavy atom. The van der Waals surface area contributed by atoms with Crippen LogP contribution in [0, 0.1) is 20.8 Å². The Labute approximate surface area is 194 Å². The standard InChI is InChI=1S/C26H31N5O2/c1-17-22-12-8-13-30(15-20-9-5-4-6-10-20)25(22)29-24(28-17)21-11-7-14-31(16-21)26(32)23-18(2)27-19(3)33-23/h4-6,9-10,21H,7-8,11-16H2,1-3H3/t21-/m0/s1. The number of likely N-dealkylation sites (tertiary alicyclic amines) is 1. The normalized spacial score (nSPS) is 18.3. The molecule has 0 spiro atoms. The van der Waals surface area contributed by atoms with Gasteiger partial charge in [0, 0.05) is 50.3 Å². The van der Waals surface area contributed by atoms with E-state index in [-0.39, 0.29) is 11.8 Å². The SMILES string of the molecule is Cc1nc(C)c(C(=O)N2CCC[C@H](c3nc(C)c4c(n3)N(Cc3ccccc3)CCC4)C2)o1. The molecule has 2 aliphatic heterocycles. The summed E-state index contributed by atoms with van der Waals surface area (Å²) in [4.78, 5) is 31.7. The van der Waals surface area contributed by atoms with Crippen LogP contribution in [0.5, 0.6) is 0 Å². The molecule has 0 saturated carbocycles. The minimum Gasteiger partial charge on any atom is -0.436 e. The molecule has 7 heteroatoms. The Kier molecular flexibility index (Phi) is 5.87. The van der Waals surface area contributed by atoms with Gasteiger partial charge in [0.15, 0.2) is 5.89 Å². The predicted molar refractivity (Wildman–Crippen MR) is 126 cm³/mol. The molecule has 1 aromatic carbocycles. The number of nitrogens with zero attached hydrogens (tertiary/aromatic N) is 5. The van der Waals surface area contributed by atoms with Crippen LogP contribution < -0.4 is 4.90 Å². The zero-order valence-electron chi connectivity index (χ0n) is 19.7. The van der Waals surface area contributed by atoms with Gasteiger partial charge < -0.3 is 14.2 Å². The van der Waals surface area contributed by atoms with Crippen LogP contribution in [0.15, 0.2) is 34.7 Å². The van der Waals surface area contributed by atoms with Gasteiger partial charge in [0.25, 0.3) is 5.91 Å². The fourth-order valence-electron chi connectivity index (χ4n) is 5.09. The number of piperidine rings is 1. The van der Waals surface area contributed by atoms with Gasteiger partial charge in [-0.15, -0.1) is 0 Å². The zero-order valence-corrected chi connectivity index (χ0v) is 19.7. The molecule has 5 rings (SSSR count). The van der Waals surface area contributed by atoms with E-state index in [0.29, 0.717) is 23.9 Å². The van der Waals surface area contributed by atoms with E-state index >= 15 is 0 Å². The van der Waals surface area contributed by atoms with Crippen LogP contribution in [0.4, 0.5) is 5.82 Å². The number of amides is 1. The van der Waals surface area contributed by atoms with E-state index < -0.39 is 0 Å². The number of carbonyl (C=O) groups excluding carboxylic acids is 1. The summed E-state index contributed by atoms with van der Waals surface area (Å²) in [7, 11) is 0. The number of rotatable bonds is 4. The van der Waals surface area contributed by atoms with E-state index in [1.807, 2.05) is 11.8 Å².